The van der Waals surface area contributed by atoms with E-state index < -0.39 is 18.1 Å². The Bertz CT molecular complexity index is 425. The van der Waals surface area contributed by atoms with Crippen LogP contribution in [0.1, 0.15) is 5.56 Å². The largest absolute Gasteiger partial charge is 0.550 e. The van der Waals surface area contributed by atoms with Gasteiger partial charge >= 0.3 is 12.1 Å². The van der Waals surface area contributed by atoms with Gasteiger partial charge in [-0.15, -0.1) is 0 Å². The quantitative estimate of drug-likeness (QED) is 0.843. The van der Waals surface area contributed by atoms with Gasteiger partial charge in [0, 0.05) is 18.1 Å². The molecule has 0 radical (unpaired) electrons. The number of carbonyl (C=O) groups excluding carboxylic acids is 2. The molecule has 1 N–H and O–H groups in total. The maximum Gasteiger partial charge on any atom is 0.471 e. The zero-order valence-corrected chi connectivity index (χ0v) is 8.38. The van der Waals surface area contributed by atoms with Gasteiger partial charge in [0.15, 0.2) is 0 Å². The Balaban J connectivity index is 2.69. The average Bonchev–Trinajstić information content (AvgIpc) is 2.18. The van der Waals surface area contributed by atoms with Crippen LogP contribution in [-0.4, -0.2) is 18.1 Å². The molecule has 0 aliphatic rings. The molecule has 0 aliphatic carbocycles. The van der Waals surface area contributed by atoms with E-state index in [4.69, 9.17) is 0 Å². The van der Waals surface area contributed by atoms with Crippen molar-refractivity contribution in [1.29, 1.82) is 0 Å². The highest BCUT2D eigenvalue weighted by Crippen LogP contribution is 2.18. The summed E-state index contributed by atoms with van der Waals surface area (Å²) in [6.07, 6.45) is -5.29. The maximum absolute atomic E-state index is 11.9. The van der Waals surface area contributed by atoms with Crippen LogP contribution < -0.4 is 10.4 Å². The molecular weight excluding hydrogens is 239 g/mol. The monoisotopic (exact) mass is 246 g/mol. The van der Waals surface area contributed by atoms with E-state index in [1.165, 1.54) is 24.3 Å². The molecule has 1 rings (SSSR count). The van der Waals surface area contributed by atoms with Gasteiger partial charge in [-0.1, -0.05) is 12.1 Å². The molecule has 1 aromatic carbocycles. The number of halogens is 3. The molecule has 0 heterocycles. The van der Waals surface area contributed by atoms with Crippen molar-refractivity contribution in [3.63, 3.8) is 0 Å². The first-order valence-corrected chi connectivity index (χ1v) is 4.46. The van der Waals surface area contributed by atoms with Gasteiger partial charge < -0.3 is 15.2 Å². The van der Waals surface area contributed by atoms with E-state index in [2.05, 4.69) is 0 Å². The maximum atomic E-state index is 11.9. The normalized spacial score (nSPS) is 11.0. The molecule has 0 bridgehead atoms. The highest BCUT2D eigenvalue weighted by atomic mass is 19.4. The first kappa shape index (κ1) is 13.0. The van der Waals surface area contributed by atoms with Crippen molar-refractivity contribution in [2.45, 2.75) is 12.6 Å². The second-order valence-corrected chi connectivity index (χ2v) is 3.20. The van der Waals surface area contributed by atoms with Crippen LogP contribution in [0.5, 0.6) is 0 Å². The number of aliphatic carboxylic acids is 1. The van der Waals surface area contributed by atoms with Crippen LogP contribution in [0.15, 0.2) is 24.3 Å². The molecule has 0 aromatic heterocycles. The summed E-state index contributed by atoms with van der Waals surface area (Å²) in [6, 6.07) is 4.95. The minimum Gasteiger partial charge on any atom is -0.550 e. The number of benzene rings is 1. The van der Waals surface area contributed by atoms with Crippen LogP contribution in [0.2, 0.25) is 0 Å². The molecule has 7 heteroatoms. The van der Waals surface area contributed by atoms with Gasteiger partial charge in [-0.05, 0) is 17.7 Å². The van der Waals surface area contributed by atoms with Crippen molar-refractivity contribution in [3.8, 4) is 0 Å². The van der Waals surface area contributed by atoms with Crippen molar-refractivity contribution in [2.75, 3.05) is 5.32 Å². The SMILES string of the molecule is O=C([O-])Cc1ccc(NC(=O)C(F)(F)F)cc1. The number of anilines is 1. The summed E-state index contributed by atoms with van der Waals surface area (Å²) in [5.74, 6) is -3.37. The predicted octanol–water partition coefficient (Wildman–Crippen LogP) is 0.480. The molecule has 1 aromatic rings. The Morgan fingerprint density at radius 2 is 1.71 bits per heavy atom. The number of carboxylic acid groups (broad SMARTS) is 1. The van der Waals surface area contributed by atoms with Gasteiger partial charge in [0.2, 0.25) is 0 Å². The Morgan fingerprint density at radius 1 is 1.18 bits per heavy atom. The van der Waals surface area contributed by atoms with Crippen LogP contribution >= 0.6 is 0 Å². The lowest BCUT2D eigenvalue weighted by Crippen LogP contribution is -2.29. The topological polar surface area (TPSA) is 69.2 Å². The number of carbonyl (C=O) groups is 2. The Hall–Kier alpha value is -2.05. The third-order valence-electron chi connectivity index (χ3n) is 1.82. The molecular formula is C10H7F3NO3-. The van der Waals surface area contributed by atoms with Gasteiger partial charge in [-0.2, -0.15) is 13.2 Å². The lowest BCUT2D eigenvalue weighted by molar-refractivity contribution is -0.304. The second-order valence-electron chi connectivity index (χ2n) is 3.20. The Kier molecular flexibility index (Phi) is 3.72. The van der Waals surface area contributed by atoms with Crippen molar-refractivity contribution in [2.24, 2.45) is 0 Å². The van der Waals surface area contributed by atoms with E-state index >= 15 is 0 Å². The highest BCUT2D eigenvalue weighted by Gasteiger charge is 2.38. The number of carboxylic acids is 1. The molecule has 0 spiro atoms. The smallest absolute Gasteiger partial charge is 0.471 e. The number of amides is 1. The Labute approximate surface area is 94.1 Å². The molecule has 0 saturated carbocycles. The predicted molar refractivity (Wildman–Crippen MR) is 49.8 cm³/mol. The van der Waals surface area contributed by atoms with Gasteiger partial charge in [-0.3, -0.25) is 4.79 Å². The third-order valence-corrected chi connectivity index (χ3v) is 1.82. The first-order valence-electron chi connectivity index (χ1n) is 4.46. The van der Waals surface area contributed by atoms with Crippen LogP contribution in [0.25, 0.3) is 0 Å². The molecule has 0 saturated heterocycles. The molecule has 0 atom stereocenters. The number of nitrogens with one attached hydrogen (secondary N) is 1. The van der Waals surface area contributed by atoms with Crippen LogP contribution in [0, 0.1) is 0 Å². The summed E-state index contributed by atoms with van der Waals surface area (Å²) >= 11 is 0. The summed E-state index contributed by atoms with van der Waals surface area (Å²) in [5.41, 5.74) is 0.310. The van der Waals surface area contributed by atoms with Crippen LogP contribution in [0.4, 0.5) is 18.9 Å². The van der Waals surface area contributed by atoms with E-state index in [-0.39, 0.29) is 12.1 Å². The summed E-state index contributed by atoms with van der Waals surface area (Å²) in [7, 11) is 0. The molecule has 0 aliphatic heterocycles. The van der Waals surface area contributed by atoms with Crippen LogP contribution in [-0.2, 0) is 16.0 Å². The third kappa shape index (κ3) is 4.13. The molecule has 4 nitrogen and oxygen atoms in total. The molecule has 0 fully saturated rings. The zero-order chi connectivity index (χ0) is 13.1. The number of hydrogen-bond donors (Lipinski definition) is 1. The van der Waals surface area contributed by atoms with Gasteiger partial charge in [0.1, 0.15) is 0 Å². The summed E-state index contributed by atoms with van der Waals surface area (Å²) in [5, 5.41) is 11.9. The van der Waals surface area contributed by atoms with E-state index in [1.807, 2.05) is 0 Å². The number of alkyl halides is 3. The fraction of sp³-hybridized carbons (Fsp3) is 0.200. The van der Waals surface area contributed by atoms with Crippen molar-refractivity contribution in [3.05, 3.63) is 29.8 Å². The molecule has 17 heavy (non-hydrogen) atoms. The minimum atomic E-state index is -4.95. The number of rotatable bonds is 3. The van der Waals surface area contributed by atoms with Gasteiger partial charge in [-0.25, -0.2) is 0 Å². The number of hydrogen-bond acceptors (Lipinski definition) is 3. The molecule has 1 amide bonds. The fourth-order valence-corrected chi connectivity index (χ4v) is 1.07. The van der Waals surface area contributed by atoms with Crippen molar-refractivity contribution < 1.29 is 27.9 Å². The molecule has 92 valence electrons. The summed E-state index contributed by atoms with van der Waals surface area (Å²) < 4.78 is 35.7. The van der Waals surface area contributed by atoms with E-state index in [0.29, 0.717) is 5.56 Å². The minimum absolute atomic E-state index is 0.0607. The Morgan fingerprint density at radius 3 is 2.12 bits per heavy atom. The highest BCUT2D eigenvalue weighted by molar-refractivity contribution is 5.94. The second kappa shape index (κ2) is 4.86. The van der Waals surface area contributed by atoms with E-state index in [9.17, 15) is 27.9 Å². The van der Waals surface area contributed by atoms with Gasteiger partial charge in [0.25, 0.3) is 0 Å². The summed E-state index contributed by atoms with van der Waals surface area (Å²) in [4.78, 5) is 20.8. The van der Waals surface area contributed by atoms with E-state index in [1.54, 1.807) is 5.32 Å². The van der Waals surface area contributed by atoms with Crippen molar-refractivity contribution in [1.82, 2.24) is 0 Å². The lowest BCUT2D eigenvalue weighted by atomic mass is 10.1. The lowest BCUT2D eigenvalue weighted by Gasteiger charge is -2.08. The first-order chi connectivity index (χ1) is 7.79. The summed E-state index contributed by atoms with van der Waals surface area (Å²) in [6.45, 7) is 0. The van der Waals surface area contributed by atoms with Gasteiger partial charge in [0.05, 0.1) is 0 Å². The zero-order valence-electron chi connectivity index (χ0n) is 8.38. The molecule has 0 unspecified atom stereocenters. The standard InChI is InChI=1S/C10H8F3NO3/c11-10(12,13)9(17)14-7-3-1-6(2-4-7)5-8(15)16/h1-4H,5H2,(H,14,17)(H,15,16)/p-1. The van der Waals surface area contributed by atoms with E-state index in [0.717, 1.165) is 0 Å². The average molecular weight is 246 g/mol. The van der Waals surface area contributed by atoms with Crippen LogP contribution in [0.3, 0.4) is 0 Å². The van der Waals surface area contributed by atoms with Crippen molar-refractivity contribution >= 4 is 17.6 Å². The fourth-order valence-electron chi connectivity index (χ4n) is 1.07.